The summed E-state index contributed by atoms with van der Waals surface area (Å²) in [4.78, 5) is 2.48. The van der Waals surface area contributed by atoms with Gasteiger partial charge in [-0.3, -0.25) is 4.90 Å². The van der Waals surface area contributed by atoms with Crippen LogP contribution in [0.15, 0.2) is 66.7 Å². The molecule has 0 unspecified atom stereocenters. The number of rotatable bonds is 9. The molecule has 2 nitrogen and oxygen atoms in total. The predicted octanol–water partition coefficient (Wildman–Crippen LogP) is 6.91. The van der Waals surface area contributed by atoms with Crippen molar-refractivity contribution in [2.45, 2.75) is 25.8 Å². The minimum absolute atomic E-state index is 0.446. The molecule has 0 saturated carbocycles. The van der Waals surface area contributed by atoms with E-state index in [0.29, 0.717) is 15.7 Å². The fourth-order valence-corrected chi connectivity index (χ4v) is 4.00. The molecule has 0 spiro atoms. The average Bonchev–Trinajstić information content (AvgIpc) is 2.72. The third-order valence-electron chi connectivity index (χ3n) is 4.96. The summed E-state index contributed by atoms with van der Waals surface area (Å²) in [5, 5.41) is 1.81. The van der Waals surface area contributed by atoms with Crippen LogP contribution in [0.25, 0.3) is 0 Å². The lowest BCUT2D eigenvalue weighted by molar-refractivity contribution is 0.265. The number of nitrogens with two attached hydrogens (primary N) is 1. The van der Waals surface area contributed by atoms with E-state index in [2.05, 4.69) is 41.3 Å². The highest BCUT2D eigenvalue weighted by Crippen LogP contribution is 2.29. The third-order valence-corrected chi connectivity index (χ3v) is 5.83. The van der Waals surface area contributed by atoms with E-state index in [1.165, 1.54) is 11.1 Å². The second-order valence-electron chi connectivity index (χ2n) is 7.21. The highest BCUT2D eigenvalue weighted by atomic mass is 35.5. The van der Waals surface area contributed by atoms with Crippen LogP contribution in [0.1, 0.15) is 23.1 Å². The Morgan fingerprint density at radius 2 is 1.34 bits per heavy atom. The summed E-state index contributed by atoms with van der Waals surface area (Å²) in [6.45, 7) is 2.85. The second-order valence-corrected chi connectivity index (χ2v) is 8.47. The fourth-order valence-electron chi connectivity index (χ4n) is 3.34. The molecule has 2 N–H and O–H groups in total. The summed E-state index contributed by atoms with van der Waals surface area (Å²) < 4.78 is 0. The summed E-state index contributed by atoms with van der Waals surface area (Å²) in [5.74, 6) is 0. The van der Waals surface area contributed by atoms with Crippen molar-refractivity contribution in [1.82, 2.24) is 4.90 Å². The number of nitrogens with zero attached hydrogens (tertiary/aromatic N) is 1. The zero-order valence-electron chi connectivity index (χ0n) is 16.3. The monoisotopic (exact) mass is 446 g/mol. The van der Waals surface area contributed by atoms with E-state index in [1.54, 1.807) is 0 Å². The number of aryl methyl sites for hydroxylation is 1. The molecule has 0 amide bonds. The molecule has 3 rings (SSSR count). The highest BCUT2D eigenvalue weighted by molar-refractivity contribution is 6.38. The zero-order chi connectivity index (χ0) is 20.6. The Morgan fingerprint density at radius 3 is 2.00 bits per heavy atom. The van der Waals surface area contributed by atoms with Crippen molar-refractivity contribution >= 4 is 40.5 Å². The van der Waals surface area contributed by atoms with Gasteiger partial charge < -0.3 is 5.73 Å². The van der Waals surface area contributed by atoms with Crippen LogP contribution in [-0.2, 0) is 19.4 Å². The van der Waals surface area contributed by atoms with Gasteiger partial charge in [0.05, 0.1) is 15.7 Å². The Balaban J connectivity index is 1.61. The number of nitrogen functional groups attached to an aromatic ring is 1. The van der Waals surface area contributed by atoms with E-state index >= 15 is 0 Å². The van der Waals surface area contributed by atoms with Crippen LogP contribution < -0.4 is 5.73 Å². The molecular weight excluding hydrogens is 423 g/mol. The highest BCUT2D eigenvalue weighted by Gasteiger charge is 2.10. The molecule has 0 saturated heterocycles. The number of benzene rings is 3. The van der Waals surface area contributed by atoms with E-state index in [-0.39, 0.29) is 0 Å². The second kappa shape index (κ2) is 10.9. The Bertz CT molecular complexity index is 888. The van der Waals surface area contributed by atoms with Crippen molar-refractivity contribution in [3.05, 3.63) is 98.5 Å². The molecule has 0 fully saturated rings. The molecule has 0 aromatic heterocycles. The van der Waals surface area contributed by atoms with Gasteiger partial charge in [0, 0.05) is 18.1 Å². The Labute approximate surface area is 188 Å². The van der Waals surface area contributed by atoms with Crippen LogP contribution in [-0.4, -0.2) is 18.0 Å². The molecule has 0 radical (unpaired) electrons. The van der Waals surface area contributed by atoms with Crippen molar-refractivity contribution < 1.29 is 0 Å². The van der Waals surface area contributed by atoms with E-state index in [1.807, 2.05) is 30.3 Å². The summed E-state index contributed by atoms with van der Waals surface area (Å²) in [5.41, 5.74) is 10.0. The minimum Gasteiger partial charge on any atom is -0.396 e. The Hall–Kier alpha value is -1.71. The predicted molar refractivity (Wildman–Crippen MR) is 126 cm³/mol. The van der Waals surface area contributed by atoms with E-state index in [9.17, 15) is 0 Å². The summed E-state index contributed by atoms with van der Waals surface area (Å²) in [7, 11) is 0. The first-order valence-electron chi connectivity index (χ1n) is 9.75. The molecule has 5 heteroatoms. The van der Waals surface area contributed by atoms with E-state index < -0.39 is 0 Å². The van der Waals surface area contributed by atoms with Crippen LogP contribution in [0, 0.1) is 0 Å². The fraction of sp³-hybridized carbons (Fsp3) is 0.250. The number of hydrogen-bond donors (Lipinski definition) is 1. The van der Waals surface area contributed by atoms with Gasteiger partial charge in [-0.2, -0.15) is 0 Å². The first kappa shape index (κ1) is 22.0. The SMILES string of the molecule is Nc1c(Cl)cc(CCN(CCCc2ccc(Cl)cc2)Cc2ccccc2)cc1Cl. The number of hydrogen-bond acceptors (Lipinski definition) is 2. The maximum absolute atomic E-state index is 6.19. The molecule has 3 aromatic carbocycles. The quantitative estimate of drug-likeness (QED) is 0.361. The smallest absolute Gasteiger partial charge is 0.0693 e. The maximum Gasteiger partial charge on any atom is 0.0693 e. The number of halogens is 3. The summed E-state index contributed by atoms with van der Waals surface area (Å²) >= 11 is 18.4. The molecule has 0 heterocycles. The molecule has 0 aliphatic heterocycles. The van der Waals surface area contributed by atoms with Crippen LogP contribution in [0.5, 0.6) is 0 Å². The van der Waals surface area contributed by atoms with Gasteiger partial charge in [0.2, 0.25) is 0 Å². The topological polar surface area (TPSA) is 29.3 Å². The summed E-state index contributed by atoms with van der Waals surface area (Å²) in [6, 6.07) is 22.5. The van der Waals surface area contributed by atoms with Crippen LogP contribution in [0.2, 0.25) is 15.1 Å². The largest absolute Gasteiger partial charge is 0.396 e. The normalized spacial score (nSPS) is 11.2. The molecule has 0 atom stereocenters. The van der Waals surface area contributed by atoms with Crippen LogP contribution in [0.3, 0.4) is 0 Å². The van der Waals surface area contributed by atoms with Crippen molar-refractivity contribution in [3.8, 4) is 0 Å². The first-order valence-corrected chi connectivity index (χ1v) is 10.9. The molecule has 0 aliphatic rings. The van der Waals surface area contributed by atoms with Gasteiger partial charge in [-0.05, 0) is 66.8 Å². The standard InChI is InChI=1S/C24H25Cl3N2/c25-21-10-8-18(9-11-21)7-4-13-29(17-19-5-2-1-3-6-19)14-12-20-15-22(26)24(28)23(27)16-20/h1-3,5-6,8-11,15-16H,4,7,12-14,17,28H2. The van der Waals surface area contributed by atoms with Gasteiger partial charge in [-0.15, -0.1) is 0 Å². The Morgan fingerprint density at radius 1 is 0.690 bits per heavy atom. The third kappa shape index (κ3) is 6.94. The van der Waals surface area contributed by atoms with Crippen LogP contribution in [0.4, 0.5) is 5.69 Å². The zero-order valence-corrected chi connectivity index (χ0v) is 18.5. The van der Waals surface area contributed by atoms with Crippen molar-refractivity contribution in [3.63, 3.8) is 0 Å². The minimum atomic E-state index is 0.446. The van der Waals surface area contributed by atoms with Gasteiger partial charge in [0.1, 0.15) is 0 Å². The van der Waals surface area contributed by atoms with Gasteiger partial charge >= 0.3 is 0 Å². The van der Waals surface area contributed by atoms with Gasteiger partial charge in [0.25, 0.3) is 0 Å². The van der Waals surface area contributed by atoms with Crippen molar-refractivity contribution in [2.75, 3.05) is 18.8 Å². The lowest BCUT2D eigenvalue weighted by Crippen LogP contribution is -2.27. The molecule has 3 aromatic rings. The first-order chi connectivity index (χ1) is 14.0. The number of anilines is 1. The van der Waals surface area contributed by atoms with Gasteiger partial charge in [-0.1, -0.05) is 77.3 Å². The van der Waals surface area contributed by atoms with E-state index in [4.69, 9.17) is 40.5 Å². The van der Waals surface area contributed by atoms with Gasteiger partial charge in [0.15, 0.2) is 0 Å². The molecule has 0 bridgehead atoms. The average molecular weight is 448 g/mol. The maximum atomic E-state index is 6.19. The molecule has 152 valence electrons. The molecule has 0 aliphatic carbocycles. The lowest BCUT2D eigenvalue weighted by atomic mass is 10.1. The van der Waals surface area contributed by atoms with E-state index in [0.717, 1.165) is 49.5 Å². The van der Waals surface area contributed by atoms with Gasteiger partial charge in [-0.25, -0.2) is 0 Å². The van der Waals surface area contributed by atoms with Crippen molar-refractivity contribution in [2.24, 2.45) is 0 Å². The Kier molecular flexibility index (Phi) is 8.26. The van der Waals surface area contributed by atoms with Crippen molar-refractivity contribution in [1.29, 1.82) is 0 Å². The summed E-state index contributed by atoms with van der Waals surface area (Å²) in [6.07, 6.45) is 2.98. The molecular formula is C24H25Cl3N2. The lowest BCUT2D eigenvalue weighted by Gasteiger charge is -2.23. The molecule has 29 heavy (non-hydrogen) atoms. The van der Waals surface area contributed by atoms with Crippen LogP contribution >= 0.6 is 34.8 Å².